The van der Waals surface area contributed by atoms with Crippen molar-refractivity contribution in [1.82, 2.24) is 0 Å². The lowest BCUT2D eigenvalue weighted by atomic mass is 9.86. The Labute approximate surface area is 231 Å². The first-order valence-electron chi connectivity index (χ1n) is 13.9. The van der Waals surface area contributed by atoms with Gasteiger partial charge in [0.2, 0.25) is 11.4 Å². The number of hydrogen-bond donors (Lipinski definition) is 0. The number of nitrogens with zero attached hydrogens (tertiary/aromatic N) is 2. The lowest BCUT2D eigenvalue weighted by Gasteiger charge is -2.17. The Bertz CT molecular complexity index is 2160. The van der Waals surface area contributed by atoms with Crippen molar-refractivity contribution in [1.29, 1.82) is 0 Å². The number of fused-ring (bicyclic) bond motifs is 2. The maximum atomic E-state index is 2.34. The van der Waals surface area contributed by atoms with Gasteiger partial charge in [0.05, 0.1) is 0 Å². The van der Waals surface area contributed by atoms with Gasteiger partial charge in [-0.15, -0.1) is 0 Å². The molecule has 0 fully saturated rings. The summed E-state index contributed by atoms with van der Waals surface area (Å²) >= 11 is 0. The third-order valence-corrected chi connectivity index (χ3v) is 8.74. The molecule has 0 aliphatic heterocycles. The topological polar surface area (TPSA) is 7.76 Å². The summed E-state index contributed by atoms with van der Waals surface area (Å²) < 4.78 is 4.53. The SMILES string of the molecule is Cc1cccc(-[n+]2cc3ccc4c5ccc6c[n+](-c7cccc(C)c7)cc7ccc(c8ccc(c2)c3c48)c5c67)c1. The van der Waals surface area contributed by atoms with Crippen molar-refractivity contribution in [2.24, 2.45) is 0 Å². The zero-order chi connectivity index (χ0) is 26.5. The van der Waals surface area contributed by atoms with Gasteiger partial charge in [-0.1, -0.05) is 48.5 Å². The molecule has 2 heteroatoms. The second-order valence-electron chi connectivity index (χ2n) is 11.3. The Kier molecular flexibility index (Phi) is 4.22. The molecule has 0 unspecified atom stereocenters. The van der Waals surface area contributed by atoms with Crippen molar-refractivity contribution in [3.05, 3.63) is 133 Å². The normalized spacial score (nSPS) is 12.2. The largest absolute Gasteiger partial charge is 0.210 e. The van der Waals surface area contributed by atoms with Crippen molar-refractivity contribution in [2.75, 3.05) is 0 Å². The molecule has 0 aliphatic rings. The molecule has 40 heavy (non-hydrogen) atoms. The van der Waals surface area contributed by atoms with E-state index in [2.05, 4.69) is 145 Å². The minimum atomic E-state index is 1.19. The first kappa shape index (κ1) is 21.8. The van der Waals surface area contributed by atoms with E-state index >= 15 is 0 Å². The van der Waals surface area contributed by atoms with E-state index in [1.54, 1.807) is 0 Å². The molecular formula is C38H26N2+2. The molecule has 0 spiro atoms. The van der Waals surface area contributed by atoms with Crippen LogP contribution in [-0.4, -0.2) is 0 Å². The van der Waals surface area contributed by atoms with Gasteiger partial charge in [-0.3, -0.25) is 0 Å². The standard InChI is InChI=1S/C38H26N2/c1-23-5-3-7-29(17-23)39-19-25-9-13-31-33-15-11-27-21-40(30-8-4-6-24(2)18-30)22-28-12-16-34(38(33)36(27)28)32-14-10-26(20-39)35(25)37(31)32/h3-22H,1-2H3/q+2. The summed E-state index contributed by atoms with van der Waals surface area (Å²) in [4.78, 5) is 0. The summed E-state index contributed by atoms with van der Waals surface area (Å²) in [5, 5.41) is 15.8. The molecule has 9 aromatic rings. The molecule has 186 valence electrons. The summed E-state index contributed by atoms with van der Waals surface area (Å²) in [6.07, 6.45) is 9.13. The lowest BCUT2D eigenvalue weighted by molar-refractivity contribution is -0.593. The summed E-state index contributed by atoms with van der Waals surface area (Å²) in [5.41, 5.74) is 4.92. The van der Waals surface area contributed by atoms with Gasteiger partial charge in [0, 0.05) is 56.6 Å². The van der Waals surface area contributed by atoms with Crippen LogP contribution < -0.4 is 9.13 Å². The second kappa shape index (κ2) is 7.74. The van der Waals surface area contributed by atoms with Crippen LogP contribution in [0.15, 0.2) is 122 Å². The highest BCUT2D eigenvalue weighted by Crippen LogP contribution is 2.44. The molecule has 0 bridgehead atoms. The van der Waals surface area contributed by atoms with Crippen LogP contribution in [0.4, 0.5) is 0 Å². The monoisotopic (exact) mass is 510 g/mol. The maximum Gasteiger partial charge on any atom is 0.210 e. The van der Waals surface area contributed by atoms with Gasteiger partial charge in [-0.25, -0.2) is 0 Å². The summed E-state index contributed by atoms with van der Waals surface area (Å²) in [6, 6.07) is 36.0. The van der Waals surface area contributed by atoms with Crippen LogP contribution in [0.1, 0.15) is 11.1 Å². The van der Waals surface area contributed by atoms with Crippen LogP contribution in [0.5, 0.6) is 0 Å². The van der Waals surface area contributed by atoms with Gasteiger partial charge in [0.1, 0.15) is 0 Å². The third kappa shape index (κ3) is 2.93. The molecule has 0 radical (unpaired) electrons. The number of rotatable bonds is 2. The quantitative estimate of drug-likeness (QED) is 0.125. The Morgan fingerprint density at radius 2 is 0.725 bits per heavy atom. The summed E-state index contributed by atoms with van der Waals surface area (Å²) in [5.74, 6) is 0. The van der Waals surface area contributed by atoms with Crippen LogP contribution in [0.2, 0.25) is 0 Å². The first-order chi connectivity index (χ1) is 19.6. The molecule has 9 rings (SSSR count). The van der Waals surface area contributed by atoms with Crippen LogP contribution in [0.3, 0.4) is 0 Å². The molecule has 0 aliphatic carbocycles. The highest BCUT2D eigenvalue weighted by molar-refractivity contribution is 6.39. The average Bonchev–Trinajstić information content (AvgIpc) is 2.98. The van der Waals surface area contributed by atoms with Gasteiger partial charge in [0.15, 0.2) is 24.8 Å². The highest BCUT2D eigenvalue weighted by atomic mass is 14.9. The van der Waals surface area contributed by atoms with Gasteiger partial charge in [-0.05, 0) is 81.6 Å². The van der Waals surface area contributed by atoms with Crippen LogP contribution in [0.25, 0.3) is 76.0 Å². The third-order valence-electron chi connectivity index (χ3n) is 8.74. The zero-order valence-electron chi connectivity index (χ0n) is 22.4. The predicted molar refractivity (Wildman–Crippen MR) is 166 cm³/mol. The molecule has 0 saturated heterocycles. The van der Waals surface area contributed by atoms with Gasteiger partial charge >= 0.3 is 0 Å². The van der Waals surface area contributed by atoms with E-state index in [4.69, 9.17) is 0 Å². The zero-order valence-corrected chi connectivity index (χ0v) is 22.4. The fourth-order valence-corrected chi connectivity index (χ4v) is 6.98. The van der Waals surface area contributed by atoms with E-state index in [1.165, 1.54) is 87.1 Å². The average molecular weight is 511 g/mol. The van der Waals surface area contributed by atoms with Gasteiger partial charge < -0.3 is 0 Å². The lowest BCUT2D eigenvalue weighted by Crippen LogP contribution is -2.29. The molecule has 2 heterocycles. The second-order valence-corrected chi connectivity index (χ2v) is 11.3. The van der Waals surface area contributed by atoms with Crippen LogP contribution in [-0.2, 0) is 0 Å². The van der Waals surface area contributed by atoms with Crippen molar-refractivity contribution < 1.29 is 9.13 Å². The van der Waals surface area contributed by atoms with Crippen molar-refractivity contribution in [3.8, 4) is 11.4 Å². The number of benzene rings is 7. The Balaban J connectivity index is 1.36. The molecule has 7 aromatic carbocycles. The molecule has 0 saturated carbocycles. The molecular weight excluding hydrogens is 484 g/mol. The van der Waals surface area contributed by atoms with Crippen LogP contribution in [0, 0.1) is 13.8 Å². The van der Waals surface area contributed by atoms with E-state index in [0.29, 0.717) is 0 Å². The predicted octanol–water partition coefficient (Wildman–Crippen LogP) is 8.65. The van der Waals surface area contributed by atoms with E-state index in [1.807, 2.05) is 0 Å². The Morgan fingerprint density at radius 1 is 0.375 bits per heavy atom. The van der Waals surface area contributed by atoms with E-state index < -0.39 is 0 Å². The molecule has 2 nitrogen and oxygen atoms in total. The molecule has 0 atom stereocenters. The van der Waals surface area contributed by atoms with Gasteiger partial charge in [-0.2, -0.15) is 9.13 Å². The highest BCUT2D eigenvalue weighted by Gasteiger charge is 2.21. The van der Waals surface area contributed by atoms with Crippen molar-refractivity contribution in [2.45, 2.75) is 13.8 Å². The number of aryl methyl sites for hydroxylation is 2. The van der Waals surface area contributed by atoms with Gasteiger partial charge in [0.25, 0.3) is 0 Å². The number of aromatic nitrogens is 2. The molecule has 0 N–H and O–H groups in total. The number of hydrogen-bond acceptors (Lipinski definition) is 0. The van der Waals surface area contributed by atoms with E-state index in [0.717, 1.165) is 0 Å². The minimum absolute atomic E-state index is 1.19. The Morgan fingerprint density at radius 3 is 1.05 bits per heavy atom. The first-order valence-corrected chi connectivity index (χ1v) is 13.9. The van der Waals surface area contributed by atoms with Crippen molar-refractivity contribution in [3.63, 3.8) is 0 Å². The fourth-order valence-electron chi connectivity index (χ4n) is 6.98. The maximum absolute atomic E-state index is 2.34. The van der Waals surface area contributed by atoms with Crippen molar-refractivity contribution >= 4 is 64.6 Å². The Hall–Kier alpha value is -5.08. The summed E-state index contributed by atoms with van der Waals surface area (Å²) in [6.45, 7) is 4.30. The summed E-state index contributed by atoms with van der Waals surface area (Å²) in [7, 11) is 0. The van der Waals surface area contributed by atoms with E-state index in [-0.39, 0.29) is 0 Å². The van der Waals surface area contributed by atoms with E-state index in [9.17, 15) is 0 Å². The molecule has 0 amide bonds. The molecule has 2 aromatic heterocycles. The fraction of sp³-hybridized carbons (Fsp3) is 0.0526. The minimum Gasteiger partial charge on any atom is -0.166 e. The smallest absolute Gasteiger partial charge is 0.166 e. The number of pyridine rings is 2. The van der Waals surface area contributed by atoms with Crippen LogP contribution >= 0.6 is 0 Å².